The minimum absolute atomic E-state index is 0.180. The smallest absolute Gasteiger partial charge is 0.251 e. The SMILES string of the molecule is CN(C)CCNC(=O)c1ccnc(C#N)c1. The topological polar surface area (TPSA) is 69.0 Å². The van der Waals surface area contributed by atoms with Crippen LogP contribution in [0, 0.1) is 11.3 Å². The van der Waals surface area contributed by atoms with Gasteiger partial charge in [0.2, 0.25) is 0 Å². The van der Waals surface area contributed by atoms with Crippen molar-refractivity contribution in [2.24, 2.45) is 0 Å². The molecule has 0 atom stereocenters. The van der Waals surface area contributed by atoms with Gasteiger partial charge in [-0.3, -0.25) is 4.79 Å². The lowest BCUT2D eigenvalue weighted by atomic mass is 10.2. The summed E-state index contributed by atoms with van der Waals surface area (Å²) in [5.74, 6) is -0.180. The summed E-state index contributed by atoms with van der Waals surface area (Å²) < 4.78 is 0. The summed E-state index contributed by atoms with van der Waals surface area (Å²) in [6.07, 6.45) is 1.46. The maximum Gasteiger partial charge on any atom is 0.251 e. The van der Waals surface area contributed by atoms with Crippen molar-refractivity contribution in [3.8, 4) is 6.07 Å². The molecule has 0 fully saturated rings. The van der Waals surface area contributed by atoms with E-state index in [0.29, 0.717) is 12.1 Å². The van der Waals surface area contributed by atoms with Crippen molar-refractivity contribution in [2.45, 2.75) is 0 Å². The number of nitrogens with zero attached hydrogens (tertiary/aromatic N) is 3. The van der Waals surface area contributed by atoms with Gasteiger partial charge in [0, 0.05) is 24.8 Å². The summed E-state index contributed by atoms with van der Waals surface area (Å²) in [5, 5.41) is 11.4. The van der Waals surface area contributed by atoms with Crippen LogP contribution in [-0.4, -0.2) is 43.0 Å². The molecule has 1 aromatic rings. The van der Waals surface area contributed by atoms with Crippen molar-refractivity contribution < 1.29 is 4.79 Å². The second-order valence-corrected chi connectivity index (χ2v) is 3.60. The molecule has 0 bridgehead atoms. The molecule has 0 saturated carbocycles. The van der Waals surface area contributed by atoms with E-state index in [-0.39, 0.29) is 11.6 Å². The van der Waals surface area contributed by atoms with E-state index in [2.05, 4.69) is 10.3 Å². The molecular formula is C11H14N4O. The first-order valence-electron chi connectivity index (χ1n) is 4.92. The summed E-state index contributed by atoms with van der Waals surface area (Å²) in [5.41, 5.74) is 0.713. The van der Waals surface area contributed by atoms with E-state index in [1.807, 2.05) is 25.1 Å². The van der Waals surface area contributed by atoms with Crippen molar-refractivity contribution in [1.29, 1.82) is 5.26 Å². The molecule has 16 heavy (non-hydrogen) atoms. The van der Waals surface area contributed by atoms with E-state index in [1.54, 1.807) is 6.07 Å². The molecule has 5 heteroatoms. The van der Waals surface area contributed by atoms with Gasteiger partial charge in [-0.25, -0.2) is 4.98 Å². The monoisotopic (exact) mass is 218 g/mol. The molecule has 0 aliphatic carbocycles. The lowest BCUT2D eigenvalue weighted by Gasteiger charge is -2.10. The van der Waals surface area contributed by atoms with Gasteiger partial charge in [0.05, 0.1) is 0 Å². The fourth-order valence-corrected chi connectivity index (χ4v) is 1.13. The zero-order valence-electron chi connectivity index (χ0n) is 9.40. The summed E-state index contributed by atoms with van der Waals surface area (Å²) in [6, 6.07) is 4.96. The summed E-state index contributed by atoms with van der Waals surface area (Å²) >= 11 is 0. The molecule has 0 unspecified atom stereocenters. The van der Waals surface area contributed by atoms with Crippen LogP contribution >= 0.6 is 0 Å². The van der Waals surface area contributed by atoms with Crippen LogP contribution in [-0.2, 0) is 0 Å². The molecule has 1 amide bonds. The standard InChI is InChI=1S/C11H14N4O/c1-15(2)6-5-14-11(16)9-3-4-13-10(7-9)8-12/h3-4,7H,5-6H2,1-2H3,(H,14,16). The van der Waals surface area contributed by atoms with E-state index >= 15 is 0 Å². The predicted molar refractivity (Wildman–Crippen MR) is 59.8 cm³/mol. The lowest BCUT2D eigenvalue weighted by molar-refractivity contribution is 0.0951. The average molecular weight is 218 g/mol. The molecule has 5 nitrogen and oxygen atoms in total. The Bertz CT molecular complexity index is 409. The Morgan fingerprint density at radius 3 is 3.00 bits per heavy atom. The van der Waals surface area contributed by atoms with Gasteiger partial charge in [0.15, 0.2) is 0 Å². The van der Waals surface area contributed by atoms with Crippen LogP contribution < -0.4 is 5.32 Å². The van der Waals surface area contributed by atoms with Crippen LogP contribution in [0.5, 0.6) is 0 Å². The van der Waals surface area contributed by atoms with Gasteiger partial charge >= 0.3 is 0 Å². The lowest BCUT2D eigenvalue weighted by Crippen LogP contribution is -2.31. The number of rotatable bonds is 4. The van der Waals surface area contributed by atoms with Crippen LogP contribution in [0.4, 0.5) is 0 Å². The minimum Gasteiger partial charge on any atom is -0.351 e. The Morgan fingerprint density at radius 1 is 1.62 bits per heavy atom. The molecule has 0 spiro atoms. The van der Waals surface area contributed by atoms with E-state index < -0.39 is 0 Å². The van der Waals surface area contributed by atoms with Gasteiger partial charge in [-0.2, -0.15) is 5.26 Å². The Kier molecular flexibility index (Phi) is 4.42. The molecule has 1 aromatic heterocycles. The number of amides is 1. The van der Waals surface area contributed by atoms with Gasteiger partial charge in [-0.05, 0) is 26.2 Å². The third kappa shape index (κ3) is 3.67. The highest BCUT2D eigenvalue weighted by Gasteiger charge is 2.05. The molecule has 0 aromatic carbocycles. The van der Waals surface area contributed by atoms with Crippen LogP contribution in [0.15, 0.2) is 18.3 Å². The number of likely N-dealkylation sites (N-methyl/N-ethyl adjacent to an activating group) is 1. The zero-order chi connectivity index (χ0) is 12.0. The molecule has 0 aliphatic heterocycles. The molecule has 84 valence electrons. The van der Waals surface area contributed by atoms with Gasteiger partial charge in [-0.15, -0.1) is 0 Å². The first-order chi connectivity index (χ1) is 7.63. The van der Waals surface area contributed by atoms with Crippen molar-refractivity contribution in [3.05, 3.63) is 29.6 Å². The highest BCUT2D eigenvalue weighted by molar-refractivity contribution is 5.94. The number of nitriles is 1. The van der Waals surface area contributed by atoms with E-state index in [9.17, 15) is 4.79 Å². The Balaban J connectivity index is 2.56. The zero-order valence-corrected chi connectivity index (χ0v) is 9.40. The minimum atomic E-state index is -0.180. The molecular weight excluding hydrogens is 204 g/mol. The van der Waals surface area contributed by atoms with Crippen molar-refractivity contribution in [1.82, 2.24) is 15.2 Å². The molecule has 0 aliphatic rings. The fourth-order valence-electron chi connectivity index (χ4n) is 1.13. The number of aromatic nitrogens is 1. The summed E-state index contributed by atoms with van der Waals surface area (Å²) in [6.45, 7) is 1.36. The summed E-state index contributed by atoms with van der Waals surface area (Å²) in [7, 11) is 3.87. The summed E-state index contributed by atoms with van der Waals surface area (Å²) in [4.78, 5) is 17.4. The van der Waals surface area contributed by atoms with Gasteiger partial charge in [0.25, 0.3) is 5.91 Å². The second-order valence-electron chi connectivity index (χ2n) is 3.60. The highest BCUT2D eigenvalue weighted by atomic mass is 16.1. The molecule has 1 rings (SSSR count). The van der Waals surface area contributed by atoms with E-state index in [1.165, 1.54) is 12.3 Å². The van der Waals surface area contributed by atoms with Crippen LogP contribution in [0.3, 0.4) is 0 Å². The van der Waals surface area contributed by atoms with Gasteiger partial charge in [-0.1, -0.05) is 0 Å². The number of hydrogen-bond donors (Lipinski definition) is 1. The average Bonchev–Trinajstić information content (AvgIpc) is 2.28. The third-order valence-corrected chi connectivity index (χ3v) is 1.98. The highest BCUT2D eigenvalue weighted by Crippen LogP contribution is 2.00. The van der Waals surface area contributed by atoms with Crippen molar-refractivity contribution >= 4 is 5.91 Å². The first-order valence-corrected chi connectivity index (χ1v) is 4.92. The molecule has 1 heterocycles. The van der Waals surface area contributed by atoms with Crippen LogP contribution in [0.25, 0.3) is 0 Å². The fraction of sp³-hybridized carbons (Fsp3) is 0.364. The number of carbonyl (C=O) groups is 1. The van der Waals surface area contributed by atoms with Crippen LogP contribution in [0.2, 0.25) is 0 Å². The maximum atomic E-state index is 11.6. The van der Waals surface area contributed by atoms with Crippen molar-refractivity contribution in [3.63, 3.8) is 0 Å². The molecule has 0 saturated heterocycles. The molecule has 1 N–H and O–H groups in total. The maximum absolute atomic E-state index is 11.6. The van der Waals surface area contributed by atoms with E-state index in [4.69, 9.17) is 5.26 Å². The van der Waals surface area contributed by atoms with Crippen LogP contribution in [0.1, 0.15) is 16.1 Å². The Morgan fingerprint density at radius 2 is 2.38 bits per heavy atom. The number of pyridine rings is 1. The van der Waals surface area contributed by atoms with Gasteiger partial charge < -0.3 is 10.2 Å². The normalized spacial score (nSPS) is 9.88. The predicted octanol–water partition coefficient (Wildman–Crippen LogP) is 0.245. The third-order valence-electron chi connectivity index (χ3n) is 1.98. The Hall–Kier alpha value is -1.93. The second kappa shape index (κ2) is 5.83. The molecule has 0 radical (unpaired) electrons. The number of carbonyl (C=O) groups excluding carboxylic acids is 1. The number of hydrogen-bond acceptors (Lipinski definition) is 4. The number of nitrogens with one attached hydrogen (secondary N) is 1. The quantitative estimate of drug-likeness (QED) is 0.786. The Labute approximate surface area is 94.7 Å². The van der Waals surface area contributed by atoms with Crippen molar-refractivity contribution in [2.75, 3.05) is 27.2 Å². The van der Waals surface area contributed by atoms with E-state index in [0.717, 1.165) is 6.54 Å². The first kappa shape index (κ1) is 12.1. The van der Waals surface area contributed by atoms with Gasteiger partial charge in [0.1, 0.15) is 11.8 Å². The largest absolute Gasteiger partial charge is 0.351 e.